The highest BCUT2D eigenvalue weighted by Crippen LogP contribution is 2.15. The average molecular weight is 141 g/mol. The van der Waals surface area contributed by atoms with Gasteiger partial charge in [-0.25, -0.2) is 0 Å². The van der Waals surface area contributed by atoms with Crippen LogP contribution in [0.2, 0.25) is 0 Å². The predicted octanol–water partition coefficient (Wildman–Crippen LogP) is 0.936. The molecule has 1 rings (SSSR count). The van der Waals surface area contributed by atoms with Crippen LogP contribution in [0.4, 0.5) is 0 Å². The maximum atomic E-state index is 10.7. The summed E-state index contributed by atoms with van der Waals surface area (Å²) in [5.74, 6) is 0.719. The van der Waals surface area contributed by atoms with E-state index < -0.39 is 10.8 Å². The first-order valence-electron chi connectivity index (χ1n) is 2.76. The smallest absolute Gasteiger partial charge is 0.0666 e. The van der Waals surface area contributed by atoms with E-state index in [9.17, 15) is 4.21 Å². The summed E-state index contributed by atoms with van der Waals surface area (Å²) in [6, 6.07) is 2.03. The van der Waals surface area contributed by atoms with Crippen LogP contribution < -0.4 is 0 Å². The van der Waals surface area contributed by atoms with Crippen LogP contribution in [-0.4, -0.2) is 9.96 Å². The van der Waals surface area contributed by atoms with Crippen LogP contribution in [0.25, 0.3) is 0 Å². The lowest BCUT2D eigenvalue weighted by Gasteiger charge is -1.85. The van der Waals surface area contributed by atoms with E-state index in [1.54, 1.807) is 5.41 Å². The van der Waals surface area contributed by atoms with Crippen molar-refractivity contribution in [2.75, 3.05) is 5.75 Å². The Morgan fingerprint density at radius 1 is 1.89 bits per heavy atom. The van der Waals surface area contributed by atoms with Gasteiger partial charge in [0.1, 0.15) is 0 Å². The lowest BCUT2D eigenvalue weighted by molar-refractivity contribution is 0.689. The fourth-order valence-corrected chi connectivity index (χ4v) is 1.92. The van der Waals surface area contributed by atoms with Crippen molar-refractivity contribution in [2.45, 2.75) is 12.8 Å². The molecule has 0 saturated carbocycles. The van der Waals surface area contributed by atoms with Gasteiger partial charge in [0.2, 0.25) is 0 Å². The molecule has 0 aromatic carbocycles. The molecule has 0 amide bonds. The number of nitrogens with zero attached hydrogens (tertiary/aromatic N) is 1. The van der Waals surface area contributed by atoms with Crippen LogP contribution in [-0.2, 0) is 10.8 Å². The third-order valence-corrected chi connectivity index (χ3v) is 2.43. The number of nitriles is 1. The molecule has 9 heavy (non-hydrogen) atoms. The fraction of sp³-hybridized carbons (Fsp3) is 0.500. The van der Waals surface area contributed by atoms with Gasteiger partial charge in [-0.2, -0.15) is 5.26 Å². The molecule has 0 saturated heterocycles. The van der Waals surface area contributed by atoms with E-state index in [2.05, 4.69) is 0 Å². The zero-order chi connectivity index (χ0) is 6.69. The van der Waals surface area contributed by atoms with Crippen LogP contribution in [0.5, 0.6) is 0 Å². The number of allylic oxidation sites excluding steroid dienone is 1. The highest BCUT2D eigenvalue weighted by atomic mass is 32.2. The Morgan fingerprint density at radius 2 is 2.67 bits per heavy atom. The minimum Gasteiger partial charge on any atom is -0.255 e. The normalized spacial score (nSPS) is 25.2. The van der Waals surface area contributed by atoms with Crippen molar-refractivity contribution < 1.29 is 4.21 Å². The van der Waals surface area contributed by atoms with Crippen molar-refractivity contribution in [3.8, 4) is 6.07 Å². The molecule has 0 aromatic rings. The number of hydrogen-bond donors (Lipinski definition) is 0. The Labute approximate surface area is 56.6 Å². The van der Waals surface area contributed by atoms with E-state index in [-0.39, 0.29) is 0 Å². The van der Waals surface area contributed by atoms with E-state index in [1.807, 2.05) is 6.07 Å². The average Bonchev–Trinajstić information content (AvgIpc) is 2.17. The van der Waals surface area contributed by atoms with E-state index >= 15 is 0 Å². The highest BCUT2D eigenvalue weighted by molar-refractivity contribution is 7.88. The largest absolute Gasteiger partial charge is 0.255 e. The van der Waals surface area contributed by atoms with Crippen LogP contribution >= 0.6 is 0 Å². The van der Waals surface area contributed by atoms with Crippen LogP contribution in [0.15, 0.2) is 11.0 Å². The summed E-state index contributed by atoms with van der Waals surface area (Å²) < 4.78 is 10.7. The zero-order valence-electron chi connectivity index (χ0n) is 4.96. The van der Waals surface area contributed by atoms with Gasteiger partial charge in [-0.3, -0.25) is 4.21 Å². The molecule has 0 bridgehead atoms. The maximum absolute atomic E-state index is 10.7. The Balaban J connectivity index is 2.54. The van der Waals surface area contributed by atoms with E-state index in [1.165, 1.54) is 0 Å². The molecule has 1 aliphatic rings. The molecular weight excluding hydrogens is 134 g/mol. The van der Waals surface area contributed by atoms with E-state index in [4.69, 9.17) is 5.26 Å². The Morgan fingerprint density at radius 3 is 3.11 bits per heavy atom. The minimum absolute atomic E-state index is 0.450. The van der Waals surface area contributed by atoms with Crippen molar-refractivity contribution in [1.29, 1.82) is 5.26 Å². The maximum Gasteiger partial charge on any atom is 0.0666 e. The van der Waals surface area contributed by atoms with Gasteiger partial charge in [0, 0.05) is 22.0 Å². The molecule has 1 unspecified atom stereocenters. The summed E-state index contributed by atoms with van der Waals surface area (Å²) in [6.45, 7) is 0. The molecule has 0 radical (unpaired) electrons. The summed E-state index contributed by atoms with van der Waals surface area (Å²) in [6.07, 6.45) is 1.30. The second-order valence-corrected chi connectivity index (χ2v) is 3.35. The summed E-state index contributed by atoms with van der Waals surface area (Å²) in [5.41, 5.74) is 1.04. The Kier molecular flexibility index (Phi) is 2.01. The molecule has 0 aliphatic carbocycles. The second-order valence-electron chi connectivity index (χ2n) is 1.95. The topological polar surface area (TPSA) is 40.9 Å². The molecule has 0 fully saturated rings. The summed E-state index contributed by atoms with van der Waals surface area (Å²) in [5, 5.41) is 9.92. The molecule has 1 aliphatic heterocycles. The van der Waals surface area contributed by atoms with Crippen molar-refractivity contribution in [2.24, 2.45) is 0 Å². The minimum atomic E-state index is -0.768. The van der Waals surface area contributed by atoms with Crippen LogP contribution in [0.3, 0.4) is 0 Å². The van der Waals surface area contributed by atoms with Crippen LogP contribution in [0, 0.1) is 11.3 Å². The molecule has 48 valence electrons. The first kappa shape index (κ1) is 6.50. The molecule has 2 nitrogen and oxygen atoms in total. The van der Waals surface area contributed by atoms with E-state index in [0.29, 0.717) is 6.42 Å². The molecule has 3 heteroatoms. The quantitative estimate of drug-likeness (QED) is 0.545. The molecule has 0 aromatic heterocycles. The first-order valence-corrected chi connectivity index (χ1v) is 4.15. The second kappa shape index (κ2) is 2.79. The molecule has 0 N–H and O–H groups in total. The van der Waals surface area contributed by atoms with Gasteiger partial charge in [0.25, 0.3) is 0 Å². The Bertz CT molecular complexity index is 202. The van der Waals surface area contributed by atoms with Crippen molar-refractivity contribution in [3.05, 3.63) is 11.0 Å². The van der Waals surface area contributed by atoms with Crippen molar-refractivity contribution in [1.82, 2.24) is 0 Å². The summed E-state index contributed by atoms with van der Waals surface area (Å²) >= 11 is 0. The highest BCUT2D eigenvalue weighted by Gasteiger charge is 2.08. The monoisotopic (exact) mass is 141 g/mol. The third kappa shape index (κ3) is 1.65. The lowest BCUT2D eigenvalue weighted by atomic mass is 10.2. The zero-order valence-corrected chi connectivity index (χ0v) is 5.78. The van der Waals surface area contributed by atoms with Gasteiger partial charge in [0.05, 0.1) is 12.5 Å². The number of rotatable bonds is 1. The van der Waals surface area contributed by atoms with Crippen molar-refractivity contribution >= 4 is 10.8 Å². The van der Waals surface area contributed by atoms with Crippen LogP contribution in [0.1, 0.15) is 12.8 Å². The van der Waals surface area contributed by atoms with Gasteiger partial charge in [0.15, 0.2) is 0 Å². The molecule has 1 atom stereocenters. The van der Waals surface area contributed by atoms with Gasteiger partial charge in [-0.1, -0.05) is 0 Å². The lowest BCUT2D eigenvalue weighted by Crippen LogP contribution is -1.81. The van der Waals surface area contributed by atoms with E-state index in [0.717, 1.165) is 17.7 Å². The van der Waals surface area contributed by atoms with Gasteiger partial charge in [-0.05, 0) is 12.0 Å². The molecule has 1 heterocycles. The predicted molar refractivity (Wildman–Crippen MR) is 35.9 cm³/mol. The first-order chi connectivity index (χ1) is 4.33. The molecule has 0 spiro atoms. The summed E-state index contributed by atoms with van der Waals surface area (Å²) in [4.78, 5) is 0. The number of hydrogen-bond acceptors (Lipinski definition) is 2. The standard InChI is InChI=1S/C6H7NOS/c7-3-1-6-2-4-9(8)5-6/h5H,1-2,4H2. The van der Waals surface area contributed by atoms with Gasteiger partial charge in [-0.15, -0.1) is 0 Å². The molecular formula is C6H7NOS. The fourth-order valence-electron chi connectivity index (χ4n) is 0.767. The SMILES string of the molecule is N#CCC1=CS(=O)CC1. The van der Waals surface area contributed by atoms with Gasteiger partial charge < -0.3 is 0 Å². The van der Waals surface area contributed by atoms with Crippen molar-refractivity contribution in [3.63, 3.8) is 0 Å². The summed E-state index contributed by atoms with van der Waals surface area (Å²) in [7, 11) is -0.768. The van der Waals surface area contributed by atoms with Gasteiger partial charge >= 0.3 is 0 Å². The Hall–Kier alpha value is -0.620. The third-order valence-electron chi connectivity index (χ3n) is 1.23.